The van der Waals surface area contributed by atoms with Crippen LogP contribution >= 0.6 is 0 Å². The van der Waals surface area contributed by atoms with Crippen LogP contribution in [0.15, 0.2) is 23.9 Å². The molecule has 0 rings (SSSR count). The third-order valence-corrected chi connectivity index (χ3v) is 1.63. The van der Waals surface area contributed by atoms with Crippen LogP contribution in [0.2, 0.25) is 0 Å². The van der Waals surface area contributed by atoms with Crippen molar-refractivity contribution in [1.29, 1.82) is 0 Å². The van der Waals surface area contributed by atoms with Crippen molar-refractivity contribution < 1.29 is 0 Å². The molecule has 0 aliphatic carbocycles. The molecular weight excluding hydrogens is 158 g/mol. The predicted molar refractivity (Wildman–Crippen MR) is 60.6 cm³/mol. The monoisotopic (exact) mass is 181 g/mol. The summed E-state index contributed by atoms with van der Waals surface area (Å²) in [5.74, 6) is 0.612. The first kappa shape index (κ1) is 12.3. The maximum absolute atomic E-state index is 3.41. The van der Waals surface area contributed by atoms with Gasteiger partial charge in [-0.15, -0.1) is 0 Å². The molecule has 0 aliphatic rings. The molecule has 0 saturated heterocycles. The minimum Gasteiger partial charge on any atom is -0.385 e. The Morgan fingerprint density at radius 2 is 2.00 bits per heavy atom. The van der Waals surface area contributed by atoms with Crippen molar-refractivity contribution in [2.24, 2.45) is 5.92 Å². The zero-order valence-electron chi connectivity index (χ0n) is 9.43. The van der Waals surface area contributed by atoms with E-state index in [4.69, 9.17) is 0 Å². The molecule has 1 heteroatoms. The first-order valence-electron chi connectivity index (χ1n) is 5.32. The average Bonchev–Trinajstić information content (AvgIpc) is 2.09. The van der Waals surface area contributed by atoms with Crippen molar-refractivity contribution in [2.45, 2.75) is 40.5 Å². The third kappa shape index (κ3) is 7.63. The van der Waals surface area contributed by atoms with Crippen molar-refractivity contribution in [3.05, 3.63) is 23.9 Å². The quantitative estimate of drug-likeness (QED) is 0.618. The summed E-state index contributed by atoms with van der Waals surface area (Å²) in [7, 11) is 0. The van der Waals surface area contributed by atoms with Crippen LogP contribution in [0.4, 0.5) is 0 Å². The molecule has 0 bridgehead atoms. The highest BCUT2D eigenvalue weighted by molar-refractivity contribution is 5.17. The maximum atomic E-state index is 3.41. The van der Waals surface area contributed by atoms with Crippen LogP contribution in [0, 0.1) is 5.92 Å². The van der Waals surface area contributed by atoms with Gasteiger partial charge in [0.1, 0.15) is 0 Å². The topological polar surface area (TPSA) is 12.0 Å². The maximum Gasteiger partial charge on any atom is 0.0299 e. The number of hydrogen-bond acceptors (Lipinski definition) is 1. The van der Waals surface area contributed by atoms with Gasteiger partial charge in [0.25, 0.3) is 0 Å². The van der Waals surface area contributed by atoms with Crippen molar-refractivity contribution in [3.8, 4) is 0 Å². The van der Waals surface area contributed by atoms with Gasteiger partial charge in [-0.3, -0.25) is 0 Å². The van der Waals surface area contributed by atoms with Crippen LogP contribution in [0.5, 0.6) is 0 Å². The van der Waals surface area contributed by atoms with E-state index >= 15 is 0 Å². The molecule has 0 fully saturated rings. The minimum atomic E-state index is 0.612. The van der Waals surface area contributed by atoms with Gasteiger partial charge in [0, 0.05) is 12.2 Å². The summed E-state index contributed by atoms with van der Waals surface area (Å²) in [5, 5.41) is 3.41. The highest BCUT2D eigenvalue weighted by atomic mass is 14.9. The van der Waals surface area contributed by atoms with Gasteiger partial charge in [-0.05, 0) is 24.8 Å². The summed E-state index contributed by atoms with van der Waals surface area (Å²) in [6.45, 7) is 9.81. The molecule has 13 heavy (non-hydrogen) atoms. The van der Waals surface area contributed by atoms with Gasteiger partial charge in [0.15, 0.2) is 0 Å². The Morgan fingerprint density at radius 3 is 2.46 bits per heavy atom. The van der Waals surface area contributed by atoms with E-state index in [2.05, 4.69) is 51.2 Å². The SMILES string of the molecule is CC/C=C/C(=C\C(C)C)NCCC. The number of rotatable bonds is 6. The van der Waals surface area contributed by atoms with Crippen LogP contribution in [0.25, 0.3) is 0 Å². The molecule has 1 N–H and O–H groups in total. The van der Waals surface area contributed by atoms with Gasteiger partial charge in [0.05, 0.1) is 0 Å². The van der Waals surface area contributed by atoms with E-state index in [0.29, 0.717) is 5.92 Å². The molecule has 0 spiro atoms. The fraction of sp³-hybridized carbons (Fsp3) is 0.667. The predicted octanol–water partition coefficient (Wildman–Crippen LogP) is 3.49. The number of hydrogen-bond donors (Lipinski definition) is 1. The molecule has 0 aromatic rings. The Hall–Kier alpha value is -0.720. The molecule has 76 valence electrons. The van der Waals surface area contributed by atoms with Crippen molar-refractivity contribution in [2.75, 3.05) is 6.54 Å². The van der Waals surface area contributed by atoms with Gasteiger partial charge >= 0.3 is 0 Å². The molecule has 0 aromatic heterocycles. The fourth-order valence-corrected chi connectivity index (χ4v) is 1.05. The van der Waals surface area contributed by atoms with Crippen LogP contribution < -0.4 is 5.32 Å². The van der Waals surface area contributed by atoms with E-state index in [1.165, 1.54) is 12.1 Å². The first-order chi connectivity index (χ1) is 6.20. The van der Waals surface area contributed by atoms with Crippen molar-refractivity contribution in [1.82, 2.24) is 5.32 Å². The van der Waals surface area contributed by atoms with E-state index in [0.717, 1.165) is 13.0 Å². The minimum absolute atomic E-state index is 0.612. The second-order valence-corrected chi connectivity index (χ2v) is 3.60. The Bertz CT molecular complexity index is 166. The molecule has 0 saturated carbocycles. The summed E-state index contributed by atoms with van der Waals surface area (Å²) < 4.78 is 0. The van der Waals surface area contributed by atoms with E-state index in [1.54, 1.807) is 0 Å². The van der Waals surface area contributed by atoms with Gasteiger partial charge in [-0.2, -0.15) is 0 Å². The van der Waals surface area contributed by atoms with Gasteiger partial charge in [-0.1, -0.05) is 39.8 Å². The lowest BCUT2D eigenvalue weighted by molar-refractivity contribution is 0.753. The van der Waals surface area contributed by atoms with E-state index < -0.39 is 0 Å². The van der Waals surface area contributed by atoms with Crippen LogP contribution in [0.1, 0.15) is 40.5 Å². The molecule has 0 radical (unpaired) electrons. The second kappa shape index (κ2) is 7.90. The molecule has 1 nitrogen and oxygen atoms in total. The normalized spacial score (nSPS) is 12.8. The third-order valence-electron chi connectivity index (χ3n) is 1.63. The highest BCUT2D eigenvalue weighted by Gasteiger charge is 1.92. The lowest BCUT2D eigenvalue weighted by Gasteiger charge is -2.07. The lowest BCUT2D eigenvalue weighted by atomic mass is 10.1. The Morgan fingerprint density at radius 1 is 1.31 bits per heavy atom. The van der Waals surface area contributed by atoms with Crippen LogP contribution in [-0.4, -0.2) is 6.54 Å². The molecule has 0 atom stereocenters. The summed E-state index contributed by atoms with van der Waals surface area (Å²) in [6, 6.07) is 0. The second-order valence-electron chi connectivity index (χ2n) is 3.60. The lowest BCUT2D eigenvalue weighted by Crippen LogP contribution is -2.13. The summed E-state index contributed by atoms with van der Waals surface area (Å²) in [4.78, 5) is 0. The smallest absolute Gasteiger partial charge is 0.0299 e. The van der Waals surface area contributed by atoms with E-state index in [1.807, 2.05) is 0 Å². The first-order valence-corrected chi connectivity index (χ1v) is 5.32. The zero-order valence-corrected chi connectivity index (χ0v) is 9.43. The Balaban J connectivity index is 4.10. The van der Waals surface area contributed by atoms with Crippen molar-refractivity contribution in [3.63, 3.8) is 0 Å². The molecule has 0 aliphatic heterocycles. The van der Waals surface area contributed by atoms with E-state index in [9.17, 15) is 0 Å². The standard InChI is InChI=1S/C12H23N/c1-5-7-8-12(10-11(3)4)13-9-6-2/h7-8,10-11,13H,5-6,9H2,1-4H3/b8-7+,12-10+. The van der Waals surface area contributed by atoms with Gasteiger partial charge < -0.3 is 5.32 Å². The van der Waals surface area contributed by atoms with Crippen LogP contribution in [-0.2, 0) is 0 Å². The van der Waals surface area contributed by atoms with Gasteiger partial charge in [-0.25, -0.2) is 0 Å². The fourth-order valence-electron chi connectivity index (χ4n) is 1.05. The Kier molecular flexibility index (Phi) is 7.47. The highest BCUT2D eigenvalue weighted by Crippen LogP contribution is 2.01. The number of allylic oxidation sites excluding steroid dienone is 3. The Labute approximate surface area is 82.9 Å². The van der Waals surface area contributed by atoms with E-state index in [-0.39, 0.29) is 0 Å². The summed E-state index contributed by atoms with van der Waals surface area (Å²) in [5.41, 5.74) is 1.26. The molecule has 0 unspecified atom stereocenters. The van der Waals surface area contributed by atoms with Crippen LogP contribution in [0.3, 0.4) is 0 Å². The van der Waals surface area contributed by atoms with Crippen molar-refractivity contribution >= 4 is 0 Å². The molecular formula is C12H23N. The zero-order chi connectivity index (χ0) is 10.1. The largest absolute Gasteiger partial charge is 0.385 e. The average molecular weight is 181 g/mol. The number of nitrogens with one attached hydrogen (secondary N) is 1. The summed E-state index contributed by atoms with van der Waals surface area (Å²) in [6.07, 6.45) is 8.91. The van der Waals surface area contributed by atoms with Gasteiger partial charge in [0.2, 0.25) is 0 Å². The molecule has 0 aromatic carbocycles. The molecule has 0 heterocycles. The summed E-state index contributed by atoms with van der Waals surface area (Å²) >= 11 is 0. The molecule has 0 amide bonds.